The Bertz CT molecular complexity index is 95.6. The average molecular weight is 141 g/mol. The van der Waals surface area contributed by atoms with E-state index in [1.165, 1.54) is 0 Å². The first kappa shape index (κ1) is 8.96. The quantitative estimate of drug-likeness (QED) is 0.493. The van der Waals surface area contributed by atoms with E-state index >= 15 is 0 Å². The predicted molar refractivity (Wildman–Crippen MR) is 46.1 cm³/mol. The highest BCUT2D eigenvalue weighted by Gasteiger charge is 2.03. The van der Waals surface area contributed by atoms with Gasteiger partial charge in [0.1, 0.15) is 0 Å². The van der Waals surface area contributed by atoms with Gasteiger partial charge in [-0.25, -0.2) is 0 Å². The van der Waals surface area contributed by atoms with E-state index in [0.29, 0.717) is 5.41 Å². The molecule has 0 aliphatic heterocycles. The second kappa shape index (κ2) is 3.21. The van der Waals surface area contributed by atoms with Gasteiger partial charge in [-0.2, -0.15) is 0 Å². The molecule has 0 aromatic carbocycles. The Morgan fingerprint density at radius 3 is 1.67 bits per heavy atom. The minimum absolute atomic E-state index is 0.148. The maximum Gasteiger partial charge on any atom is 0.0689 e. The zero-order valence-electron chi connectivity index (χ0n) is 7.15. The van der Waals surface area contributed by atoms with Gasteiger partial charge in [0.25, 0.3) is 0 Å². The molecule has 0 nitrogen and oxygen atoms in total. The molecule has 9 heavy (non-hydrogen) atoms. The summed E-state index contributed by atoms with van der Waals surface area (Å²) in [5, 5.41) is 0. The number of rotatable bonds is 1. The van der Waals surface area contributed by atoms with Crippen molar-refractivity contribution in [2.24, 2.45) is 5.41 Å². The van der Waals surface area contributed by atoms with Crippen molar-refractivity contribution >= 4 is 8.80 Å². The van der Waals surface area contributed by atoms with E-state index in [4.69, 9.17) is 0 Å². The molecular formula is C8H17Si. The van der Waals surface area contributed by atoms with Gasteiger partial charge in [-0.15, -0.1) is 5.70 Å². The molecule has 0 heterocycles. The first-order chi connectivity index (χ1) is 3.92. The molecule has 0 saturated carbocycles. The Labute approximate surface area is 60.6 Å². The van der Waals surface area contributed by atoms with E-state index in [0.717, 1.165) is 0 Å². The Hall–Kier alpha value is -0.0431. The van der Waals surface area contributed by atoms with Crippen LogP contribution in [0, 0.1) is 5.41 Å². The molecule has 0 saturated heterocycles. The topological polar surface area (TPSA) is 0 Å². The molecule has 0 spiro atoms. The van der Waals surface area contributed by atoms with Gasteiger partial charge in [-0.1, -0.05) is 39.9 Å². The summed E-state index contributed by atoms with van der Waals surface area (Å²) < 4.78 is 0. The summed E-state index contributed by atoms with van der Waals surface area (Å²) in [7, 11) is -0.148. The van der Waals surface area contributed by atoms with Gasteiger partial charge in [0.05, 0.1) is 8.80 Å². The van der Waals surface area contributed by atoms with Crippen LogP contribution in [0.4, 0.5) is 0 Å². The molecular weight excluding hydrogens is 124 g/mol. The maximum atomic E-state index is 2.35. The molecule has 1 radical (unpaired) electrons. The first-order valence-electron chi connectivity index (χ1n) is 3.41. The van der Waals surface area contributed by atoms with E-state index in [2.05, 4.69) is 45.6 Å². The van der Waals surface area contributed by atoms with Gasteiger partial charge in [-0.05, 0) is 5.41 Å². The Kier molecular flexibility index (Phi) is 3.19. The molecule has 0 unspecified atom stereocenters. The smallest absolute Gasteiger partial charge is 0.0689 e. The highest BCUT2D eigenvalue weighted by atomic mass is 28.3. The Morgan fingerprint density at radius 2 is 1.56 bits per heavy atom. The summed E-state index contributed by atoms with van der Waals surface area (Å²) in [5.74, 6) is 0. The van der Waals surface area contributed by atoms with Crippen molar-refractivity contribution in [1.82, 2.24) is 0 Å². The summed E-state index contributed by atoms with van der Waals surface area (Å²) in [6.07, 6.45) is 2.31. The maximum absolute atomic E-state index is 2.35. The molecule has 0 aliphatic carbocycles. The molecule has 0 atom stereocenters. The van der Waals surface area contributed by atoms with Gasteiger partial charge in [0.2, 0.25) is 0 Å². The summed E-state index contributed by atoms with van der Waals surface area (Å²) in [4.78, 5) is 0. The van der Waals surface area contributed by atoms with Gasteiger partial charge in [0.15, 0.2) is 0 Å². The van der Waals surface area contributed by atoms with Crippen LogP contribution >= 0.6 is 0 Å². The third-order valence-corrected chi connectivity index (χ3v) is 1.75. The molecule has 0 rings (SSSR count). The summed E-state index contributed by atoms with van der Waals surface area (Å²) >= 11 is 0. The van der Waals surface area contributed by atoms with Crippen LogP contribution in [0.2, 0.25) is 13.1 Å². The van der Waals surface area contributed by atoms with E-state index in [1.54, 1.807) is 0 Å². The van der Waals surface area contributed by atoms with E-state index in [9.17, 15) is 0 Å². The van der Waals surface area contributed by atoms with E-state index in [-0.39, 0.29) is 8.80 Å². The second-order valence-electron chi connectivity index (χ2n) is 3.78. The minimum atomic E-state index is -0.148. The van der Waals surface area contributed by atoms with Gasteiger partial charge >= 0.3 is 0 Å². The van der Waals surface area contributed by atoms with Gasteiger partial charge < -0.3 is 0 Å². The lowest BCUT2D eigenvalue weighted by molar-refractivity contribution is 0.545. The van der Waals surface area contributed by atoms with Crippen LogP contribution in [0.15, 0.2) is 11.8 Å². The van der Waals surface area contributed by atoms with Crippen LogP contribution in [-0.2, 0) is 0 Å². The molecule has 0 aromatic rings. The van der Waals surface area contributed by atoms with Crippen LogP contribution < -0.4 is 0 Å². The highest BCUT2D eigenvalue weighted by molar-refractivity contribution is 6.61. The molecule has 0 fully saturated rings. The summed E-state index contributed by atoms with van der Waals surface area (Å²) in [6, 6.07) is 0. The normalized spacial score (nSPS) is 13.6. The zero-order chi connectivity index (χ0) is 7.49. The molecule has 0 amide bonds. The molecule has 0 bridgehead atoms. The first-order valence-corrected chi connectivity index (χ1v) is 5.99. The number of hydrogen-bond donors (Lipinski definition) is 0. The van der Waals surface area contributed by atoms with Crippen LogP contribution in [0.3, 0.4) is 0 Å². The number of allylic oxidation sites excluding steroid dienone is 1. The van der Waals surface area contributed by atoms with Crippen molar-refractivity contribution in [3.63, 3.8) is 0 Å². The fraction of sp³-hybridized carbons (Fsp3) is 0.750. The molecule has 0 N–H and O–H groups in total. The molecule has 0 aromatic heterocycles. The summed E-state index contributed by atoms with van der Waals surface area (Å²) in [5.41, 5.74) is 2.73. The fourth-order valence-corrected chi connectivity index (χ4v) is 1.25. The van der Waals surface area contributed by atoms with Gasteiger partial charge in [-0.3, -0.25) is 0 Å². The van der Waals surface area contributed by atoms with Crippen molar-refractivity contribution in [3.05, 3.63) is 11.8 Å². The standard InChI is InChI=1S/C8H17Si/c1-8(2,3)6-7-9(4)5/h6-7H,1-5H3/b7-6+. The van der Waals surface area contributed by atoms with Crippen molar-refractivity contribution in [2.45, 2.75) is 33.9 Å². The van der Waals surface area contributed by atoms with Crippen LogP contribution in [-0.4, -0.2) is 8.80 Å². The second-order valence-corrected chi connectivity index (χ2v) is 6.26. The van der Waals surface area contributed by atoms with E-state index < -0.39 is 0 Å². The molecule has 0 aliphatic rings. The lowest BCUT2D eigenvalue weighted by atomic mass is 9.98. The highest BCUT2D eigenvalue weighted by Crippen LogP contribution is 2.14. The van der Waals surface area contributed by atoms with Crippen molar-refractivity contribution in [1.29, 1.82) is 0 Å². The Balaban J connectivity index is 3.71. The van der Waals surface area contributed by atoms with Crippen LogP contribution in [0.1, 0.15) is 20.8 Å². The lowest BCUT2D eigenvalue weighted by Crippen LogP contribution is -2.02. The predicted octanol–water partition coefficient (Wildman–Crippen LogP) is 2.88. The fourth-order valence-electron chi connectivity index (χ4n) is 0.417. The van der Waals surface area contributed by atoms with Gasteiger partial charge in [0, 0.05) is 0 Å². The van der Waals surface area contributed by atoms with Crippen molar-refractivity contribution < 1.29 is 0 Å². The molecule has 53 valence electrons. The lowest BCUT2D eigenvalue weighted by Gasteiger charge is -2.11. The third kappa shape index (κ3) is 7.96. The minimum Gasteiger partial charge on any atom is -0.100 e. The van der Waals surface area contributed by atoms with Crippen molar-refractivity contribution in [3.8, 4) is 0 Å². The SMILES string of the molecule is C[Si](C)/C=C/C(C)(C)C. The largest absolute Gasteiger partial charge is 0.100 e. The third-order valence-electron chi connectivity index (χ3n) is 0.917. The average Bonchev–Trinajstić information content (AvgIpc) is 1.59. The van der Waals surface area contributed by atoms with Crippen LogP contribution in [0.5, 0.6) is 0 Å². The van der Waals surface area contributed by atoms with Crippen LogP contribution in [0.25, 0.3) is 0 Å². The monoisotopic (exact) mass is 141 g/mol. The Morgan fingerprint density at radius 1 is 1.11 bits per heavy atom. The van der Waals surface area contributed by atoms with E-state index in [1.807, 2.05) is 0 Å². The zero-order valence-corrected chi connectivity index (χ0v) is 8.15. The van der Waals surface area contributed by atoms with Crippen molar-refractivity contribution in [2.75, 3.05) is 0 Å². The summed E-state index contributed by atoms with van der Waals surface area (Å²) in [6.45, 7) is 11.3. The molecule has 1 heteroatoms. The number of hydrogen-bond acceptors (Lipinski definition) is 0.